The van der Waals surface area contributed by atoms with Crippen molar-refractivity contribution in [3.8, 4) is 0 Å². The number of aromatic nitrogens is 1. The third-order valence-corrected chi connectivity index (χ3v) is 3.54. The van der Waals surface area contributed by atoms with Crippen LogP contribution in [0.25, 0.3) is 0 Å². The van der Waals surface area contributed by atoms with Crippen molar-refractivity contribution in [2.45, 2.75) is 0 Å². The third-order valence-electron chi connectivity index (χ3n) is 2.40. The van der Waals surface area contributed by atoms with Gasteiger partial charge in [-0.05, 0) is 34.1 Å². The SMILES string of the molecule is Nc1ccc(F)c(C(=O)Nc2cnc(Cl)c(Br)c2)c1F. The molecule has 0 aliphatic heterocycles. The Bertz CT molecular complexity index is 697. The quantitative estimate of drug-likeness (QED) is 0.633. The standard InChI is InChI=1S/C12H7BrClF2N3O/c13-6-3-5(4-18-11(6)14)19-12(20)9-7(15)1-2-8(17)10(9)16/h1-4H,17H2,(H,19,20). The van der Waals surface area contributed by atoms with Crippen LogP contribution in [0.4, 0.5) is 20.2 Å². The number of nitrogens with zero attached hydrogens (tertiary/aromatic N) is 1. The van der Waals surface area contributed by atoms with E-state index in [0.717, 1.165) is 12.1 Å². The molecule has 0 saturated heterocycles. The number of benzene rings is 1. The fourth-order valence-electron chi connectivity index (χ4n) is 1.46. The van der Waals surface area contributed by atoms with E-state index in [1.807, 2.05) is 0 Å². The zero-order valence-corrected chi connectivity index (χ0v) is 12.1. The van der Waals surface area contributed by atoms with Gasteiger partial charge in [-0.25, -0.2) is 13.8 Å². The highest BCUT2D eigenvalue weighted by Crippen LogP contribution is 2.24. The van der Waals surface area contributed by atoms with Crippen LogP contribution in [0.5, 0.6) is 0 Å². The Morgan fingerprint density at radius 1 is 1.40 bits per heavy atom. The molecule has 0 saturated carbocycles. The van der Waals surface area contributed by atoms with Gasteiger partial charge in [-0.15, -0.1) is 0 Å². The summed E-state index contributed by atoms with van der Waals surface area (Å²) in [6, 6.07) is 3.42. The van der Waals surface area contributed by atoms with Crippen molar-refractivity contribution < 1.29 is 13.6 Å². The van der Waals surface area contributed by atoms with E-state index in [2.05, 4.69) is 26.2 Å². The first-order valence-corrected chi connectivity index (χ1v) is 6.43. The molecule has 0 aliphatic rings. The van der Waals surface area contributed by atoms with Crippen LogP contribution in [-0.2, 0) is 0 Å². The summed E-state index contributed by atoms with van der Waals surface area (Å²) in [6.45, 7) is 0. The molecule has 2 rings (SSSR count). The number of nitrogens with two attached hydrogens (primary N) is 1. The molecule has 1 aromatic carbocycles. The lowest BCUT2D eigenvalue weighted by Gasteiger charge is -2.08. The van der Waals surface area contributed by atoms with E-state index in [0.29, 0.717) is 4.47 Å². The van der Waals surface area contributed by atoms with Gasteiger partial charge >= 0.3 is 0 Å². The Labute approximate surface area is 126 Å². The normalized spacial score (nSPS) is 10.4. The number of amides is 1. The molecule has 0 aliphatic carbocycles. The number of nitrogen functional groups attached to an aromatic ring is 1. The van der Waals surface area contributed by atoms with E-state index >= 15 is 0 Å². The van der Waals surface area contributed by atoms with Crippen LogP contribution in [0, 0.1) is 11.6 Å². The number of carbonyl (C=O) groups is 1. The highest BCUT2D eigenvalue weighted by molar-refractivity contribution is 9.10. The molecule has 0 fully saturated rings. The molecule has 0 bridgehead atoms. The molecule has 0 spiro atoms. The van der Waals surface area contributed by atoms with E-state index in [1.165, 1.54) is 12.3 Å². The summed E-state index contributed by atoms with van der Waals surface area (Å²) in [5.41, 5.74) is 4.47. The van der Waals surface area contributed by atoms with Crippen molar-refractivity contribution in [1.82, 2.24) is 4.98 Å². The largest absolute Gasteiger partial charge is 0.396 e. The first kappa shape index (κ1) is 14.7. The summed E-state index contributed by atoms with van der Waals surface area (Å²) >= 11 is 8.82. The Morgan fingerprint density at radius 3 is 2.75 bits per heavy atom. The third kappa shape index (κ3) is 2.88. The molecule has 0 atom stereocenters. The number of halogens is 4. The molecule has 2 aromatic rings. The maximum absolute atomic E-state index is 13.7. The summed E-state index contributed by atoms with van der Waals surface area (Å²) in [6.07, 6.45) is 1.26. The fourth-order valence-corrected chi connectivity index (χ4v) is 1.91. The predicted octanol–water partition coefficient (Wildman–Crippen LogP) is 3.61. The van der Waals surface area contributed by atoms with E-state index in [1.54, 1.807) is 0 Å². The number of hydrogen-bond donors (Lipinski definition) is 2. The van der Waals surface area contributed by atoms with Crippen LogP contribution in [-0.4, -0.2) is 10.9 Å². The van der Waals surface area contributed by atoms with Gasteiger partial charge in [0.05, 0.1) is 22.0 Å². The van der Waals surface area contributed by atoms with Gasteiger partial charge in [0.2, 0.25) is 0 Å². The Morgan fingerprint density at radius 2 is 2.10 bits per heavy atom. The highest BCUT2D eigenvalue weighted by Gasteiger charge is 2.20. The maximum atomic E-state index is 13.7. The number of carbonyl (C=O) groups excluding carboxylic acids is 1. The maximum Gasteiger partial charge on any atom is 0.261 e. The summed E-state index contributed by atoms with van der Waals surface area (Å²) < 4.78 is 27.6. The molecule has 3 N–H and O–H groups in total. The lowest BCUT2D eigenvalue weighted by Crippen LogP contribution is -2.17. The summed E-state index contributed by atoms with van der Waals surface area (Å²) in [5.74, 6) is -3.08. The van der Waals surface area contributed by atoms with Crippen molar-refractivity contribution in [2.24, 2.45) is 0 Å². The van der Waals surface area contributed by atoms with Crippen molar-refractivity contribution >= 4 is 44.8 Å². The molecule has 8 heteroatoms. The predicted molar refractivity (Wildman–Crippen MR) is 75.7 cm³/mol. The summed E-state index contributed by atoms with van der Waals surface area (Å²) in [5, 5.41) is 2.51. The topological polar surface area (TPSA) is 68.0 Å². The van der Waals surface area contributed by atoms with Gasteiger partial charge in [0.1, 0.15) is 16.5 Å². The van der Waals surface area contributed by atoms with E-state index < -0.39 is 23.1 Å². The first-order chi connectivity index (χ1) is 9.40. The van der Waals surface area contributed by atoms with E-state index in [4.69, 9.17) is 17.3 Å². The van der Waals surface area contributed by atoms with E-state index in [-0.39, 0.29) is 16.5 Å². The summed E-state index contributed by atoms with van der Waals surface area (Å²) in [4.78, 5) is 15.7. The van der Waals surface area contributed by atoms with Gasteiger partial charge < -0.3 is 11.1 Å². The smallest absolute Gasteiger partial charge is 0.261 e. The monoisotopic (exact) mass is 361 g/mol. The van der Waals surface area contributed by atoms with Crippen LogP contribution in [0.1, 0.15) is 10.4 Å². The van der Waals surface area contributed by atoms with Gasteiger partial charge in [0.25, 0.3) is 5.91 Å². The van der Waals surface area contributed by atoms with Gasteiger partial charge in [0.15, 0.2) is 5.82 Å². The first-order valence-electron chi connectivity index (χ1n) is 5.26. The average molecular weight is 363 g/mol. The molecule has 1 aromatic heterocycles. The van der Waals surface area contributed by atoms with Crippen LogP contribution in [0.2, 0.25) is 5.15 Å². The number of nitrogens with one attached hydrogen (secondary N) is 1. The highest BCUT2D eigenvalue weighted by atomic mass is 79.9. The molecule has 0 unspecified atom stereocenters. The second-order valence-corrected chi connectivity index (χ2v) is 4.99. The van der Waals surface area contributed by atoms with Crippen molar-refractivity contribution in [2.75, 3.05) is 11.1 Å². The molecule has 1 heterocycles. The van der Waals surface area contributed by atoms with Crippen LogP contribution >= 0.6 is 27.5 Å². The molecule has 0 radical (unpaired) electrons. The van der Waals surface area contributed by atoms with Crippen LogP contribution < -0.4 is 11.1 Å². The zero-order chi connectivity index (χ0) is 14.9. The molecular weight excluding hydrogens is 356 g/mol. The van der Waals surface area contributed by atoms with Gasteiger partial charge in [-0.1, -0.05) is 11.6 Å². The fraction of sp³-hybridized carbons (Fsp3) is 0. The number of hydrogen-bond acceptors (Lipinski definition) is 3. The lowest BCUT2D eigenvalue weighted by atomic mass is 10.1. The molecular formula is C12H7BrClF2N3O. The van der Waals surface area contributed by atoms with Crippen molar-refractivity contribution in [1.29, 1.82) is 0 Å². The lowest BCUT2D eigenvalue weighted by molar-refractivity contribution is 0.101. The zero-order valence-electron chi connectivity index (χ0n) is 9.75. The Hall–Kier alpha value is -1.73. The minimum absolute atomic E-state index is 0.198. The number of anilines is 2. The minimum Gasteiger partial charge on any atom is -0.396 e. The molecule has 4 nitrogen and oxygen atoms in total. The molecule has 20 heavy (non-hydrogen) atoms. The summed E-state index contributed by atoms with van der Waals surface area (Å²) in [7, 11) is 0. The van der Waals surface area contributed by atoms with Crippen molar-refractivity contribution in [3.05, 3.63) is 51.2 Å². The second kappa shape index (κ2) is 5.72. The number of pyridine rings is 1. The Kier molecular flexibility index (Phi) is 4.20. The second-order valence-electron chi connectivity index (χ2n) is 3.78. The van der Waals surface area contributed by atoms with E-state index in [9.17, 15) is 13.6 Å². The van der Waals surface area contributed by atoms with Crippen molar-refractivity contribution in [3.63, 3.8) is 0 Å². The van der Waals surface area contributed by atoms with Gasteiger partial charge in [-0.3, -0.25) is 4.79 Å². The van der Waals surface area contributed by atoms with Gasteiger partial charge in [0, 0.05) is 0 Å². The Balaban J connectivity index is 2.33. The number of rotatable bonds is 2. The molecule has 104 valence electrons. The average Bonchev–Trinajstić information content (AvgIpc) is 2.39. The molecule has 1 amide bonds. The van der Waals surface area contributed by atoms with Crippen LogP contribution in [0.15, 0.2) is 28.9 Å². The minimum atomic E-state index is -1.11. The van der Waals surface area contributed by atoms with Crippen LogP contribution in [0.3, 0.4) is 0 Å². The van der Waals surface area contributed by atoms with Gasteiger partial charge in [-0.2, -0.15) is 0 Å².